The minimum absolute atomic E-state index is 0. The summed E-state index contributed by atoms with van der Waals surface area (Å²) in [5.41, 5.74) is 0. The van der Waals surface area contributed by atoms with Gasteiger partial charge in [0, 0.05) is 0 Å². The molecule has 0 radical (unpaired) electrons. The van der Waals surface area contributed by atoms with E-state index in [0.29, 0.717) is 0 Å². The van der Waals surface area contributed by atoms with Gasteiger partial charge in [0.15, 0.2) is 0 Å². The van der Waals surface area contributed by atoms with Crippen LogP contribution in [-0.2, 0) is 10.4 Å². The van der Waals surface area contributed by atoms with Crippen molar-refractivity contribution in [2.45, 2.75) is 85.0 Å². The van der Waals surface area contributed by atoms with Crippen LogP contribution in [0.1, 0.15) is 85.0 Å². The summed E-state index contributed by atoms with van der Waals surface area (Å²) < 4.78 is 31.6. The molecule has 1 atom stereocenters. The van der Waals surface area contributed by atoms with E-state index >= 15 is 0 Å². The summed E-state index contributed by atoms with van der Waals surface area (Å²) in [5, 5.41) is 0. The van der Waals surface area contributed by atoms with E-state index in [1.54, 1.807) is 0 Å². The van der Waals surface area contributed by atoms with Crippen molar-refractivity contribution < 1.29 is 47.1 Å². The normalized spacial score (nSPS) is 12.0. The Labute approximate surface area is 154 Å². The quantitative estimate of drug-likeness (QED) is 0.263. The first kappa shape index (κ1) is 26.8. The Bertz CT molecular complexity index is 273. The largest absolute Gasteiger partial charge is 1.00 e. The Morgan fingerprint density at radius 3 is 1.67 bits per heavy atom. The number of unbranched alkanes of at least 4 members (excludes halogenated alkanes) is 7. The summed E-state index contributed by atoms with van der Waals surface area (Å²) in [6.07, 6.45) is 16.6. The maximum atomic E-state index is 8.74. The van der Waals surface area contributed by atoms with Gasteiger partial charge in [-0.05, 0) is 0 Å². The van der Waals surface area contributed by atoms with Crippen molar-refractivity contribution in [1.82, 2.24) is 0 Å². The zero-order valence-corrected chi connectivity index (χ0v) is 17.2. The monoisotopic (exact) mass is 332 g/mol. The van der Waals surface area contributed by atoms with Crippen LogP contribution < -0.4 is 29.6 Å². The number of hydrogen-bond acceptors (Lipinski definition) is 2. The second kappa shape index (κ2) is 18.9. The third kappa shape index (κ3) is 38.6. The van der Waals surface area contributed by atoms with Gasteiger partial charge in [0.25, 0.3) is 0 Å². The van der Waals surface area contributed by atoms with Gasteiger partial charge in [0.05, 0.1) is 0 Å². The van der Waals surface area contributed by atoms with E-state index in [1.165, 1.54) is 64.2 Å². The van der Waals surface area contributed by atoms with E-state index in [0.717, 1.165) is 5.92 Å². The summed E-state index contributed by atoms with van der Waals surface area (Å²) in [5.74, 6) is 0.843. The minimum Gasteiger partial charge on any atom is -0.326 e. The molecule has 1 unspecified atom stereocenters. The van der Waals surface area contributed by atoms with E-state index < -0.39 is 10.4 Å². The zero-order valence-electron chi connectivity index (χ0n) is 14.3. The molecule has 124 valence electrons. The van der Waals surface area contributed by atoms with Crippen LogP contribution in [0.2, 0.25) is 0 Å². The third-order valence-electron chi connectivity index (χ3n) is 3.15. The van der Waals surface area contributed by atoms with Gasteiger partial charge >= 0.3 is 40.0 Å². The molecule has 0 spiro atoms. The maximum Gasteiger partial charge on any atom is 1.00 e. The predicted octanol–water partition coefficient (Wildman–Crippen LogP) is 2.12. The SMILES string of the molecule is CC[CH-]C(C)CCCCCCCCCC.O=S(=O)(O)O.[Na+]. The van der Waals surface area contributed by atoms with Crippen LogP contribution in [0.4, 0.5) is 0 Å². The molecule has 0 amide bonds. The first-order chi connectivity index (χ1) is 9.31. The van der Waals surface area contributed by atoms with Crippen LogP contribution in [0.5, 0.6) is 0 Å². The third-order valence-corrected chi connectivity index (χ3v) is 3.15. The molecule has 0 aromatic carbocycles. The number of rotatable bonds is 11. The van der Waals surface area contributed by atoms with Crippen LogP contribution in [0, 0.1) is 12.3 Å². The van der Waals surface area contributed by atoms with Crippen molar-refractivity contribution in [3.8, 4) is 0 Å². The summed E-state index contributed by atoms with van der Waals surface area (Å²) >= 11 is 0. The van der Waals surface area contributed by atoms with E-state index in [9.17, 15) is 0 Å². The van der Waals surface area contributed by atoms with Gasteiger partial charge in [-0.25, -0.2) is 0 Å². The van der Waals surface area contributed by atoms with Crippen molar-refractivity contribution in [2.75, 3.05) is 0 Å². The molecule has 0 aliphatic carbocycles. The minimum atomic E-state index is -4.67. The first-order valence-electron chi connectivity index (χ1n) is 7.84. The molecule has 4 nitrogen and oxygen atoms in total. The molecule has 0 aliphatic heterocycles. The molecule has 2 N–H and O–H groups in total. The summed E-state index contributed by atoms with van der Waals surface area (Å²) in [6.45, 7) is 6.88. The van der Waals surface area contributed by atoms with Crippen molar-refractivity contribution >= 4 is 10.4 Å². The van der Waals surface area contributed by atoms with E-state index in [4.69, 9.17) is 17.5 Å². The van der Waals surface area contributed by atoms with Gasteiger partial charge in [0.2, 0.25) is 0 Å². The molecule has 0 rings (SSSR count). The fourth-order valence-electron chi connectivity index (χ4n) is 2.12. The molecule has 0 saturated carbocycles. The van der Waals surface area contributed by atoms with E-state index in [2.05, 4.69) is 27.2 Å². The molecule has 6 heteroatoms. The van der Waals surface area contributed by atoms with Gasteiger partial charge in [-0.15, -0.1) is 0 Å². The number of hydrogen-bond donors (Lipinski definition) is 2. The maximum absolute atomic E-state index is 8.74. The molecular weight excluding hydrogens is 299 g/mol. The Kier molecular flexibility index (Phi) is 24.1. The van der Waals surface area contributed by atoms with Gasteiger partial charge < -0.3 is 6.42 Å². The molecule has 21 heavy (non-hydrogen) atoms. The summed E-state index contributed by atoms with van der Waals surface area (Å²) in [7, 11) is -4.67. The Balaban J connectivity index is -0.000000465. The van der Waals surface area contributed by atoms with Gasteiger partial charge in [-0.2, -0.15) is 20.8 Å². The van der Waals surface area contributed by atoms with Crippen LogP contribution in [0.3, 0.4) is 0 Å². The van der Waals surface area contributed by atoms with Crippen molar-refractivity contribution in [2.24, 2.45) is 5.92 Å². The molecule has 0 bridgehead atoms. The molecule has 0 fully saturated rings. The fourth-order valence-corrected chi connectivity index (χ4v) is 2.12. The smallest absolute Gasteiger partial charge is 0.326 e. The van der Waals surface area contributed by atoms with Crippen LogP contribution >= 0.6 is 0 Å². The molecular formula is C15H33NaO4S. The second-order valence-electron chi connectivity index (χ2n) is 5.33. The molecule has 0 saturated heterocycles. The first-order valence-corrected chi connectivity index (χ1v) is 9.24. The van der Waals surface area contributed by atoms with Gasteiger partial charge in [0.1, 0.15) is 0 Å². The van der Waals surface area contributed by atoms with Gasteiger partial charge in [-0.1, -0.05) is 78.6 Å². The van der Waals surface area contributed by atoms with E-state index in [-0.39, 0.29) is 29.6 Å². The Morgan fingerprint density at radius 1 is 0.905 bits per heavy atom. The van der Waals surface area contributed by atoms with Crippen LogP contribution in [0.15, 0.2) is 0 Å². The molecule has 0 aliphatic rings. The second-order valence-corrected chi connectivity index (χ2v) is 6.23. The average molecular weight is 332 g/mol. The molecule has 0 heterocycles. The fraction of sp³-hybridized carbons (Fsp3) is 0.933. The van der Waals surface area contributed by atoms with Crippen molar-refractivity contribution in [1.29, 1.82) is 0 Å². The summed E-state index contributed by atoms with van der Waals surface area (Å²) in [4.78, 5) is 0. The topological polar surface area (TPSA) is 74.6 Å². The van der Waals surface area contributed by atoms with Crippen LogP contribution in [0.25, 0.3) is 0 Å². The predicted molar refractivity (Wildman–Crippen MR) is 85.2 cm³/mol. The molecule has 0 aromatic heterocycles. The standard InChI is InChI=1S/C15H31.Na.H2O4S/c1-4-6-7-8-9-10-11-12-14-15(3)13-5-2;;1-5(2,3)4/h13,15H,4-12,14H2,1-3H3;;(H2,1,2,3,4)/q-1;+1;. The van der Waals surface area contributed by atoms with E-state index in [1.807, 2.05) is 0 Å². The molecule has 0 aromatic rings. The Hall–Kier alpha value is 0.870. The van der Waals surface area contributed by atoms with Crippen molar-refractivity contribution in [3.05, 3.63) is 6.42 Å². The zero-order chi connectivity index (χ0) is 15.9. The van der Waals surface area contributed by atoms with Gasteiger partial charge in [-0.3, -0.25) is 9.11 Å². The summed E-state index contributed by atoms with van der Waals surface area (Å²) in [6, 6.07) is 0. The van der Waals surface area contributed by atoms with Crippen LogP contribution in [-0.4, -0.2) is 17.5 Å². The van der Waals surface area contributed by atoms with Crippen molar-refractivity contribution in [3.63, 3.8) is 0 Å². The average Bonchev–Trinajstić information content (AvgIpc) is 2.31. The Morgan fingerprint density at radius 2 is 1.29 bits per heavy atom.